The van der Waals surface area contributed by atoms with Crippen molar-refractivity contribution in [1.29, 1.82) is 0 Å². The number of hydrogen-bond acceptors (Lipinski definition) is 3. The van der Waals surface area contributed by atoms with Crippen molar-refractivity contribution in [1.82, 2.24) is 10.6 Å². The fourth-order valence-electron chi connectivity index (χ4n) is 2.64. The predicted octanol–water partition coefficient (Wildman–Crippen LogP) is 3.05. The molecule has 134 valence electrons. The highest BCUT2D eigenvalue weighted by atomic mass is 16.5. The molecule has 0 heterocycles. The van der Waals surface area contributed by atoms with Crippen LogP contribution in [0.3, 0.4) is 0 Å². The summed E-state index contributed by atoms with van der Waals surface area (Å²) in [7, 11) is 1.62. The Balaban J connectivity index is 1.81. The molecule has 2 atom stereocenters. The molecule has 0 spiro atoms. The Labute approximate surface area is 149 Å². The van der Waals surface area contributed by atoms with Crippen molar-refractivity contribution in [2.75, 3.05) is 13.7 Å². The van der Waals surface area contributed by atoms with Gasteiger partial charge in [-0.2, -0.15) is 0 Å². The van der Waals surface area contributed by atoms with Crippen LogP contribution in [0, 0.1) is 0 Å². The number of carbonyl (C=O) groups is 1. The summed E-state index contributed by atoms with van der Waals surface area (Å²) in [4.78, 5) is 12.1. The number of urea groups is 1. The number of rotatable bonds is 8. The van der Waals surface area contributed by atoms with Gasteiger partial charge in [-0.25, -0.2) is 4.79 Å². The molecular weight excluding hydrogens is 316 g/mol. The molecule has 25 heavy (non-hydrogen) atoms. The molecule has 2 unspecified atom stereocenters. The van der Waals surface area contributed by atoms with Crippen molar-refractivity contribution in [2.45, 2.75) is 31.9 Å². The van der Waals surface area contributed by atoms with Crippen LogP contribution < -0.4 is 15.4 Å². The number of carbonyl (C=O) groups excluding carboxylic acids is 1. The summed E-state index contributed by atoms with van der Waals surface area (Å²) < 4.78 is 5.15. The average Bonchev–Trinajstić information content (AvgIpc) is 2.65. The molecule has 0 aromatic heterocycles. The maximum absolute atomic E-state index is 12.1. The minimum atomic E-state index is -0.616. The van der Waals surface area contributed by atoms with Gasteiger partial charge >= 0.3 is 6.03 Å². The lowest BCUT2D eigenvalue weighted by Crippen LogP contribution is -2.41. The fourth-order valence-corrected chi connectivity index (χ4v) is 2.64. The van der Waals surface area contributed by atoms with E-state index in [0.717, 1.165) is 23.3 Å². The topological polar surface area (TPSA) is 70.6 Å². The third-order valence-corrected chi connectivity index (χ3v) is 4.04. The van der Waals surface area contributed by atoms with E-state index in [4.69, 9.17) is 4.74 Å². The summed E-state index contributed by atoms with van der Waals surface area (Å²) in [5, 5.41) is 15.7. The lowest BCUT2D eigenvalue weighted by Gasteiger charge is -2.19. The molecule has 5 nitrogen and oxygen atoms in total. The van der Waals surface area contributed by atoms with Gasteiger partial charge in [0.15, 0.2) is 0 Å². The molecule has 0 bridgehead atoms. The van der Waals surface area contributed by atoms with Crippen LogP contribution in [0.4, 0.5) is 4.79 Å². The van der Waals surface area contributed by atoms with Gasteiger partial charge in [-0.1, -0.05) is 49.4 Å². The number of ether oxygens (including phenoxy) is 1. The van der Waals surface area contributed by atoms with Gasteiger partial charge in [0.1, 0.15) is 5.75 Å². The van der Waals surface area contributed by atoms with Crippen LogP contribution in [-0.4, -0.2) is 30.9 Å². The molecule has 0 saturated heterocycles. The third-order valence-electron chi connectivity index (χ3n) is 4.04. The van der Waals surface area contributed by atoms with Crippen molar-refractivity contribution in [3.8, 4) is 5.75 Å². The summed E-state index contributed by atoms with van der Waals surface area (Å²) in [6, 6.07) is 17.0. The van der Waals surface area contributed by atoms with Gasteiger partial charge in [0.05, 0.1) is 19.3 Å². The summed E-state index contributed by atoms with van der Waals surface area (Å²) in [5.41, 5.74) is 2.06. The van der Waals surface area contributed by atoms with Crippen molar-refractivity contribution in [3.05, 3.63) is 65.7 Å². The molecule has 2 amide bonds. The Morgan fingerprint density at radius 1 is 1.12 bits per heavy atom. The van der Waals surface area contributed by atoms with Gasteiger partial charge < -0.3 is 20.5 Å². The van der Waals surface area contributed by atoms with E-state index in [9.17, 15) is 9.90 Å². The number of aliphatic hydroxyl groups excluding tert-OH is 1. The van der Waals surface area contributed by atoms with E-state index in [1.807, 2.05) is 61.5 Å². The van der Waals surface area contributed by atoms with Gasteiger partial charge in [-0.05, 0) is 29.7 Å². The Morgan fingerprint density at radius 3 is 2.40 bits per heavy atom. The highest BCUT2D eigenvalue weighted by Gasteiger charge is 2.14. The summed E-state index contributed by atoms with van der Waals surface area (Å²) in [6.45, 7) is 2.22. The summed E-state index contributed by atoms with van der Waals surface area (Å²) >= 11 is 0. The minimum Gasteiger partial charge on any atom is -0.497 e. The molecule has 0 radical (unpaired) electrons. The Kier molecular flexibility index (Phi) is 7.29. The number of methoxy groups -OCH3 is 1. The van der Waals surface area contributed by atoms with E-state index in [-0.39, 0.29) is 18.6 Å². The second-order valence-corrected chi connectivity index (χ2v) is 5.93. The van der Waals surface area contributed by atoms with Crippen LogP contribution in [0.1, 0.15) is 30.5 Å². The summed E-state index contributed by atoms with van der Waals surface area (Å²) in [6.07, 6.45) is 0.664. The van der Waals surface area contributed by atoms with Crippen molar-refractivity contribution < 1.29 is 14.6 Å². The number of benzene rings is 2. The lowest BCUT2D eigenvalue weighted by molar-refractivity contribution is 0.170. The largest absolute Gasteiger partial charge is 0.497 e. The van der Waals surface area contributed by atoms with Crippen LogP contribution in [0.5, 0.6) is 5.75 Å². The molecule has 0 fully saturated rings. The quantitative estimate of drug-likeness (QED) is 0.690. The van der Waals surface area contributed by atoms with Crippen LogP contribution in [0.15, 0.2) is 54.6 Å². The molecule has 0 aliphatic carbocycles. The number of hydrogen-bond donors (Lipinski definition) is 3. The van der Waals surface area contributed by atoms with Crippen LogP contribution in [0.25, 0.3) is 0 Å². The molecule has 0 saturated carbocycles. The van der Waals surface area contributed by atoms with Gasteiger partial charge in [0, 0.05) is 13.0 Å². The minimum absolute atomic E-state index is 0.0860. The Morgan fingerprint density at radius 2 is 1.80 bits per heavy atom. The van der Waals surface area contributed by atoms with E-state index < -0.39 is 6.10 Å². The first-order valence-corrected chi connectivity index (χ1v) is 8.52. The average molecular weight is 342 g/mol. The molecule has 2 aromatic carbocycles. The number of aliphatic hydroxyl groups is 1. The molecular formula is C20H26N2O3. The normalized spacial score (nSPS) is 12.9. The highest BCUT2D eigenvalue weighted by Crippen LogP contribution is 2.19. The maximum atomic E-state index is 12.1. The van der Waals surface area contributed by atoms with Gasteiger partial charge in [0.2, 0.25) is 0 Å². The molecule has 5 heteroatoms. The van der Waals surface area contributed by atoms with Crippen molar-refractivity contribution in [2.24, 2.45) is 0 Å². The lowest BCUT2D eigenvalue weighted by atomic mass is 10.0. The molecule has 0 aliphatic rings. The van der Waals surface area contributed by atoms with E-state index in [1.165, 1.54) is 0 Å². The highest BCUT2D eigenvalue weighted by molar-refractivity contribution is 5.74. The zero-order chi connectivity index (χ0) is 18.1. The molecule has 2 rings (SSSR count). The maximum Gasteiger partial charge on any atom is 0.315 e. The van der Waals surface area contributed by atoms with Gasteiger partial charge in [-0.15, -0.1) is 0 Å². The zero-order valence-corrected chi connectivity index (χ0v) is 14.7. The standard InChI is InChI=1S/C20H26N2O3/c1-3-19(16-9-11-18(25-2)12-10-16)22-20(24)21-14-17(23)13-15-7-5-4-6-8-15/h4-12,17,19,23H,3,13-14H2,1-2H3,(H2,21,22,24). The van der Waals surface area contributed by atoms with Crippen molar-refractivity contribution in [3.63, 3.8) is 0 Å². The SMILES string of the molecule is CCC(NC(=O)NCC(O)Cc1ccccc1)c1ccc(OC)cc1. The molecule has 2 aromatic rings. The number of nitrogens with one attached hydrogen (secondary N) is 2. The predicted molar refractivity (Wildman–Crippen MR) is 98.7 cm³/mol. The first kappa shape index (κ1) is 18.8. The molecule has 3 N–H and O–H groups in total. The van der Waals surface area contributed by atoms with E-state index in [2.05, 4.69) is 10.6 Å². The second-order valence-electron chi connectivity index (χ2n) is 5.93. The van der Waals surface area contributed by atoms with E-state index in [0.29, 0.717) is 6.42 Å². The first-order chi connectivity index (χ1) is 12.1. The Hall–Kier alpha value is -2.53. The van der Waals surface area contributed by atoms with Crippen LogP contribution in [0.2, 0.25) is 0 Å². The third kappa shape index (κ3) is 6.12. The zero-order valence-electron chi connectivity index (χ0n) is 14.7. The van der Waals surface area contributed by atoms with Gasteiger partial charge in [0.25, 0.3) is 0 Å². The van der Waals surface area contributed by atoms with E-state index >= 15 is 0 Å². The smallest absolute Gasteiger partial charge is 0.315 e. The van der Waals surface area contributed by atoms with Crippen LogP contribution >= 0.6 is 0 Å². The Bertz CT molecular complexity index is 644. The van der Waals surface area contributed by atoms with Gasteiger partial charge in [-0.3, -0.25) is 0 Å². The second kappa shape index (κ2) is 9.69. The number of amides is 2. The van der Waals surface area contributed by atoms with Crippen molar-refractivity contribution >= 4 is 6.03 Å². The van der Waals surface area contributed by atoms with E-state index in [1.54, 1.807) is 7.11 Å². The monoisotopic (exact) mass is 342 g/mol. The van der Waals surface area contributed by atoms with Crippen LogP contribution in [-0.2, 0) is 6.42 Å². The fraction of sp³-hybridized carbons (Fsp3) is 0.350. The summed E-state index contributed by atoms with van der Waals surface area (Å²) in [5.74, 6) is 0.784. The first-order valence-electron chi connectivity index (χ1n) is 8.52. The molecule has 0 aliphatic heterocycles.